The van der Waals surface area contributed by atoms with Gasteiger partial charge in [-0.25, -0.2) is 14.8 Å². The highest BCUT2D eigenvalue weighted by molar-refractivity contribution is 5.95. The van der Waals surface area contributed by atoms with Crippen molar-refractivity contribution in [2.45, 2.75) is 71.6 Å². The van der Waals surface area contributed by atoms with E-state index in [0.29, 0.717) is 47.0 Å². The molecule has 0 bridgehead atoms. The number of pyridine rings is 1. The molecule has 234 valence electrons. The van der Waals surface area contributed by atoms with Gasteiger partial charge in [0, 0.05) is 42.1 Å². The number of nitrogens with zero attached hydrogens (tertiary/aromatic N) is 5. The van der Waals surface area contributed by atoms with Gasteiger partial charge in [0.2, 0.25) is 5.89 Å². The molecule has 5 aromatic rings. The second-order valence-corrected chi connectivity index (χ2v) is 13.6. The number of oxazole rings is 1. The highest BCUT2D eigenvalue weighted by Crippen LogP contribution is 2.40. The van der Waals surface area contributed by atoms with Crippen LogP contribution in [0.4, 0.5) is 10.6 Å². The summed E-state index contributed by atoms with van der Waals surface area (Å²) in [6, 6.07) is 15.2. The zero-order chi connectivity index (χ0) is 31.9. The lowest BCUT2D eigenvalue weighted by atomic mass is 10.0. The highest BCUT2D eigenvalue weighted by Gasteiger charge is 2.28. The third-order valence-corrected chi connectivity index (χ3v) is 7.63. The van der Waals surface area contributed by atoms with Crippen molar-refractivity contribution in [1.82, 2.24) is 24.6 Å². The van der Waals surface area contributed by atoms with Crippen LogP contribution < -0.4 is 5.32 Å². The number of fused-ring (bicyclic) bond motifs is 1. The smallest absolute Gasteiger partial charge is 0.410 e. The first-order chi connectivity index (χ1) is 21.3. The monoisotopic (exact) mass is 608 g/mol. The van der Waals surface area contributed by atoms with Crippen LogP contribution in [0.15, 0.2) is 71.5 Å². The number of carbonyl (C=O) groups is 1. The van der Waals surface area contributed by atoms with Gasteiger partial charge in [0.1, 0.15) is 22.7 Å². The number of nitrogens with one attached hydrogen (secondary N) is 1. The number of rotatable bonds is 5. The zero-order valence-corrected chi connectivity index (χ0v) is 26.7. The first kappa shape index (κ1) is 30.2. The molecule has 1 aliphatic heterocycles. The Balaban J connectivity index is 1.31. The van der Waals surface area contributed by atoms with Crippen molar-refractivity contribution in [3.05, 3.63) is 67.1 Å². The molecule has 0 aliphatic carbocycles. The molecule has 6 rings (SSSR count). The molecule has 0 saturated carbocycles. The number of likely N-dealkylation sites (tertiary alicyclic amines) is 1. The van der Waals surface area contributed by atoms with E-state index in [0.717, 1.165) is 29.5 Å². The van der Waals surface area contributed by atoms with Crippen molar-refractivity contribution >= 4 is 23.0 Å². The van der Waals surface area contributed by atoms with Crippen LogP contribution in [-0.4, -0.2) is 60.1 Å². The third-order valence-electron chi connectivity index (χ3n) is 7.63. The number of amides is 1. The highest BCUT2D eigenvalue weighted by atomic mass is 16.6. The summed E-state index contributed by atoms with van der Waals surface area (Å²) in [5.74, 6) is 1.17. The Bertz CT molecular complexity index is 1820. The number of aromatic hydroxyl groups is 1. The number of aromatic nitrogens is 4. The molecule has 1 saturated heterocycles. The summed E-state index contributed by atoms with van der Waals surface area (Å²) in [5.41, 5.74) is 4.30. The van der Waals surface area contributed by atoms with Crippen LogP contribution in [0.3, 0.4) is 0 Å². The Morgan fingerprint density at radius 2 is 1.71 bits per heavy atom. The average molecular weight is 609 g/mol. The van der Waals surface area contributed by atoms with E-state index < -0.39 is 5.60 Å². The number of carbonyl (C=O) groups excluding carboxylic acids is 1. The van der Waals surface area contributed by atoms with Crippen LogP contribution in [0.1, 0.15) is 60.4 Å². The van der Waals surface area contributed by atoms with E-state index in [1.807, 2.05) is 80.4 Å². The van der Waals surface area contributed by atoms with Crippen LogP contribution in [0.5, 0.6) is 5.75 Å². The molecule has 10 nitrogen and oxygen atoms in total. The van der Waals surface area contributed by atoms with Gasteiger partial charge in [0.25, 0.3) is 0 Å². The van der Waals surface area contributed by atoms with Gasteiger partial charge in [-0.05, 0) is 78.1 Å². The number of hydrogen-bond donors (Lipinski definition) is 2. The van der Waals surface area contributed by atoms with E-state index in [2.05, 4.69) is 26.1 Å². The second kappa shape index (κ2) is 11.6. The molecule has 45 heavy (non-hydrogen) atoms. The normalized spacial score (nSPS) is 14.6. The Morgan fingerprint density at radius 1 is 0.978 bits per heavy atom. The predicted molar refractivity (Wildman–Crippen MR) is 175 cm³/mol. The molecule has 1 fully saturated rings. The standard InChI is InChI=1S/C35H40N6O4/c1-34(2,3)39-31-26(32-38-27-12-13-28(42)29(30(27)44-32)22-10-8-7-9-11-22)18-23(19-36-31)24-20-37-41(21-24)25-14-16-40(17-15-25)33(43)45-35(4,5)6/h7-13,18-21,25,42H,14-17H2,1-6H3,(H,36,39). The maximum atomic E-state index is 12.5. The van der Waals surface area contributed by atoms with Crippen molar-refractivity contribution < 1.29 is 19.1 Å². The minimum atomic E-state index is -0.514. The number of benzene rings is 2. The Morgan fingerprint density at radius 3 is 2.40 bits per heavy atom. The van der Waals surface area contributed by atoms with E-state index in [4.69, 9.17) is 24.2 Å². The van der Waals surface area contributed by atoms with Crippen molar-refractivity contribution in [3.63, 3.8) is 0 Å². The lowest BCUT2D eigenvalue weighted by Crippen LogP contribution is -2.42. The molecular weight excluding hydrogens is 568 g/mol. The van der Waals surface area contributed by atoms with Gasteiger partial charge in [-0.3, -0.25) is 4.68 Å². The van der Waals surface area contributed by atoms with Crippen LogP contribution in [0.25, 0.3) is 44.8 Å². The molecule has 2 N–H and O–H groups in total. The Labute approximate surface area is 263 Å². The maximum absolute atomic E-state index is 12.5. The maximum Gasteiger partial charge on any atom is 0.410 e. The topological polar surface area (TPSA) is 119 Å². The van der Waals surface area contributed by atoms with Gasteiger partial charge in [0.15, 0.2) is 5.58 Å². The molecular formula is C35H40N6O4. The Kier molecular flexibility index (Phi) is 7.76. The SMILES string of the molecule is CC(C)(C)Nc1ncc(-c2cnn(C3CCN(C(=O)OC(C)(C)C)CC3)c2)cc1-c1nc2ccc(O)c(-c3ccccc3)c2o1. The van der Waals surface area contributed by atoms with Crippen LogP contribution in [0.2, 0.25) is 0 Å². The van der Waals surface area contributed by atoms with Crippen LogP contribution in [-0.2, 0) is 4.74 Å². The van der Waals surface area contributed by atoms with E-state index in [-0.39, 0.29) is 23.4 Å². The van der Waals surface area contributed by atoms with E-state index in [9.17, 15) is 9.90 Å². The van der Waals surface area contributed by atoms with Gasteiger partial charge >= 0.3 is 6.09 Å². The lowest BCUT2D eigenvalue weighted by Gasteiger charge is -2.33. The quantitative estimate of drug-likeness (QED) is 0.207. The molecule has 0 spiro atoms. The number of phenolic OH excluding ortho intramolecular Hbond substituents is 1. The summed E-state index contributed by atoms with van der Waals surface area (Å²) in [7, 11) is 0. The molecule has 2 aromatic carbocycles. The average Bonchev–Trinajstić information content (AvgIpc) is 3.64. The molecule has 0 unspecified atom stereocenters. The van der Waals surface area contributed by atoms with Gasteiger partial charge in [-0.2, -0.15) is 5.10 Å². The largest absolute Gasteiger partial charge is 0.507 e. The minimum absolute atomic E-state index is 0.126. The fraction of sp³-hybridized carbons (Fsp3) is 0.371. The summed E-state index contributed by atoms with van der Waals surface area (Å²) in [6.45, 7) is 13.1. The number of ether oxygens (including phenoxy) is 1. The van der Waals surface area contributed by atoms with Gasteiger partial charge in [-0.1, -0.05) is 30.3 Å². The van der Waals surface area contributed by atoms with Crippen molar-refractivity contribution in [3.8, 4) is 39.5 Å². The lowest BCUT2D eigenvalue weighted by molar-refractivity contribution is 0.0184. The molecule has 0 radical (unpaired) electrons. The fourth-order valence-corrected chi connectivity index (χ4v) is 5.55. The molecule has 3 aromatic heterocycles. The molecule has 10 heteroatoms. The summed E-state index contributed by atoms with van der Waals surface area (Å²) < 4.78 is 13.9. The van der Waals surface area contributed by atoms with E-state index in [1.165, 1.54) is 0 Å². The zero-order valence-electron chi connectivity index (χ0n) is 26.7. The Hall–Kier alpha value is -4.86. The second-order valence-electron chi connectivity index (χ2n) is 13.6. The number of piperidine rings is 1. The van der Waals surface area contributed by atoms with E-state index in [1.54, 1.807) is 17.0 Å². The van der Waals surface area contributed by atoms with Crippen LogP contribution >= 0.6 is 0 Å². The van der Waals surface area contributed by atoms with Crippen molar-refractivity contribution in [2.24, 2.45) is 0 Å². The van der Waals surface area contributed by atoms with Crippen LogP contribution in [0, 0.1) is 0 Å². The number of anilines is 1. The third kappa shape index (κ3) is 6.64. The molecule has 1 amide bonds. The van der Waals surface area contributed by atoms with Gasteiger partial charge in [0.05, 0.1) is 23.4 Å². The molecule has 1 aliphatic rings. The van der Waals surface area contributed by atoms with Crippen molar-refractivity contribution in [1.29, 1.82) is 0 Å². The fourth-order valence-electron chi connectivity index (χ4n) is 5.55. The summed E-state index contributed by atoms with van der Waals surface area (Å²) >= 11 is 0. The first-order valence-electron chi connectivity index (χ1n) is 15.3. The summed E-state index contributed by atoms with van der Waals surface area (Å²) in [6.07, 6.45) is 7.01. The summed E-state index contributed by atoms with van der Waals surface area (Å²) in [4.78, 5) is 23.9. The minimum Gasteiger partial charge on any atom is -0.507 e. The van der Waals surface area contributed by atoms with E-state index >= 15 is 0 Å². The molecule has 4 heterocycles. The van der Waals surface area contributed by atoms with Gasteiger partial charge < -0.3 is 24.5 Å². The van der Waals surface area contributed by atoms with Gasteiger partial charge in [-0.15, -0.1) is 0 Å². The summed E-state index contributed by atoms with van der Waals surface area (Å²) in [5, 5.41) is 19.0. The molecule has 0 atom stereocenters. The number of phenols is 1. The van der Waals surface area contributed by atoms with Crippen molar-refractivity contribution in [2.75, 3.05) is 18.4 Å². The first-order valence-corrected chi connectivity index (χ1v) is 15.3. The number of hydrogen-bond acceptors (Lipinski definition) is 8. The predicted octanol–water partition coefficient (Wildman–Crippen LogP) is 7.91.